The van der Waals surface area contributed by atoms with E-state index >= 15 is 0 Å². The Kier molecular flexibility index (Phi) is 4.66. The SMILES string of the molecule is COC(C)(C)CCNCc1ccc2c(c1)OCCO2. The summed E-state index contributed by atoms with van der Waals surface area (Å²) in [6, 6.07) is 6.09. The summed E-state index contributed by atoms with van der Waals surface area (Å²) in [4.78, 5) is 0. The molecule has 0 aromatic heterocycles. The van der Waals surface area contributed by atoms with E-state index in [9.17, 15) is 0 Å². The molecule has 0 atom stereocenters. The summed E-state index contributed by atoms with van der Waals surface area (Å²) in [5.74, 6) is 1.69. The zero-order valence-electron chi connectivity index (χ0n) is 12.0. The van der Waals surface area contributed by atoms with Gasteiger partial charge in [-0.1, -0.05) is 6.07 Å². The van der Waals surface area contributed by atoms with Crippen molar-refractivity contribution < 1.29 is 14.2 Å². The third-order valence-corrected chi connectivity index (χ3v) is 3.39. The maximum absolute atomic E-state index is 5.57. The molecule has 1 aliphatic heterocycles. The van der Waals surface area contributed by atoms with E-state index in [0.29, 0.717) is 13.2 Å². The van der Waals surface area contributed by atoms with Crippen molar-refractivity contribution in [3.05, 3.63) is 23.8 Å². The maximum Gasteiger partial charge on any atom is 0.161 e. The fraction of sp³-hybridized carbons (Fsp3) is 0.600. The standard InChI is InChI=1S/C15H23NO3/c1-15(2,17-3)6-7-16-11-12-4-5-13-14(10-12)19-9-8-18-13/h4-5,10,16H,6-9,11H2,1-3H3. The highest BCUT2D eigenvalue weighted by Gasteiger charge is 2.15. The van der Waals surface area contributed by atoms with Crippen LogP contribution in [0, 0.1) is 0 Å². The molecule has 106 valence electrons. The molecule has 0 amide bonds. The highest BCUT2D eigenvalue weighted by atomic mass is 16.6. The molecule has 1 aromatic rings. The van der Waals surface area contributed by atoms with Gasteiger partial charge in [-0.05, 0) is 44.5 Å². The molecule has 19 heavy (non-hydrogen) atoms. The average molecular weight is 265 g/mol. The minimum atomic E-state index is -0.0696. The van der Waals surface area contributed by atoms with E-state index in [-0.39, 0.29) is 5.60 Å². The van der Waals surface area contributed by atoms with Crippen LogP contribution < -0.4 is 14.8 Å². The first-order valence-electron chi connectivity index (χ1n) is 6.75. The van der Waals surface area contributed by atoms with Crippen molar-refractivity contribution >= 4 is 0 Å². The van der Waals surface area contributed by atoms with Crippen molar-refractivity contribution in [2.45, 2.75) is 32.4 Å². The van der Waals surface area contributed by atoms with Crippen molar-refractivity contribution in [1.29, 1.82) is 0 Å². The lowest BCUT2D eigenvalue weighted by atomic mass is 10.1. The zero-order valence-corrected chi connectivity index (χ0v) is 12.0. The van der Waals surface area contributed by atoms with Crippen LogP contribution in [0.15, 0.2) is 18.2 Å². The molecule has 1 N–H and O–H groups in total. The van der Waals surface area contributed by atoms with Gasteiger partial charge in [0.05, 0.1) is 5.60 Å². The van der Waals surface area contributed by atoms with Gasteiger partial charge < -0.3 is 19.5 Å². The van der Waals surface area contributed by atoms with Gasteiger partial charge in [0.1, 0.15) is 13.2 Å². The number of nitrogens with one attached hydrogen (secondary N) is 1. The number of hydrogen-bond acceptors (Lipinski definition) is 4. The smallest absolute Gasteiger partial charge is 0.161 e. The van der Waals surface area contributed by atoms with Crippen LogP contribution in [0.5, 0.6) is 11.5 Å². The molecular formula is C15H23NO3. The van der Waals surface area contributed by atoms with Gasteiger partial charge in [-0.3, -0.25) is 0 Å². The summed E-state index contributed by atoms with van der Waals surface area (Å²) in [6.45, 7) is 7.21. The van der Waals surface area contributed by atoms with E-state index < -0.39 is 0 Å². The third-order valence-electron chi connectivity index (χ3n) is 3.39. The van der Waals surface area contributed by atoms with Gasteiger partial charge >= 0.3 is 0 Å². The topological polar surface area (TPSA) is 39.7 Å². The first-order chi connectivity index (χ1) is 9.11. The van der Waals surface area contributed by atoms with E-state index in [1.165, 1.54) is 5.56 Å². The van der Waals surface area contributed by atoms with Crippen molar-refractivity contribution in [2.24, 2.45) is 0 Å². The summed E-state index contributed by atoms with van der Waals surface area (Å²) < 4.78 is 16.5. The Morgan fingerprint density at radius 1 is 1.21 bits per heavy atom. The van der Waals surface area contributed by atoms with Gasteiger partial charge in [0, 0.05) is 13.7 Å². The van der Waals surface area contributed by atoms with E-state index in [0.717, 1.165) is 31.0 Å². The molecule has 0 saturated carbocycles. The minimum absolute atomic E-state index is 0.0696. The van der Waals surface area contributed by atoms with Gasteiger partial charge in [0.2, 0.25) is 0 Å². The quantitative estimate of drug-likeness (QED) is 0.802. The van der Waals surface area contributed by atoms with Crippen LogP contribution in [-0.4, -0.2) is 32.5 Å². The lowest BCUT2D eigenvalue weighted by Gasteiger charge is -2.23. The van der Waals surface area contributed by atoms with Gasteiger partial charge in [0.15, 0.2) is 11.5 Å². The highest BCUT2D eigenvalue weighted by molar-refractivity contribution is 5.43. The van der Waals surface area contributed by atoms with Crippen molar-refractivity contribution in [3.63, 3.8) is 0 Å². The molecule has 0 fully saturated rings. The summed E-state index contributed by atoms with van der Waals surface area (Å²) in [7, 11) is 1.75. The molecule has 2 rings (SSSR count). The highest BCUT2D eigenvalue weighted by Crippen LogP contribution is 2.30. The number of methoxy groups -OCH3 is 1. The van der Waals surface area contributed by atoms with Crippen LogP contribution >= 0.6 is 0 Å². The molecule has 0 radical (unpaired) electrons. The predicted molar refractivity (Wildman–Crippen MR) is 74.8 cm³/mol. The fourth-order valence-corrected chi connectivity index (χ4v) is 1.92. The number of rotatable bonds is 6. The lowest BCUT2D eigenvalue weighted by Crippen LogP contribution is -2.28. The van der Waals surface area contributed by atoms with Gasteiger partial charge in [-0.25, -0.2) is 0 Å². The molecular weight excluding hydrogens is 242 g/mol. The second kappa shape index (κ2) is 6.26. The van der Waals surface area contributed by atoms with Gasteiger partial charge in [-0.15, -0.1) is 0 Å². The summed E-state index contributed by atoms with van der Waals surface area (Å²) in [6.07, 6.45) is 0.980. The first-order valence-corrected chi connectivity index (χ1v) is 6.75. The van der Waals surface area contributed by atoms with Crippen molar-refractivity contribution in [1.82, 2.24) is 5.32 Å². The molecule has 1 aromatic carbocycles. The fourth-order valence-electron chi connectivity index (χ4n) is 1.92. The second-order valence-electron chi connectivity index (χ2n) is 5.37. The van der Waals surface area contributed by atoms with Crippen molar-refractivity contribution in [3.8, 4) is 11.5 Å². The Morgan fingerprint density at radius 3 is 2.68 bits per heavy atom. The number of hydrogen-bond donors (Lipinski definition) is 1. The zero-order chi connectivity index (χ0) is 13.7. The molecule has 0 aliphatic carbocycles. The van der Waals surface area contributed by atoms with Crippen LogP contribution in [0.2, 0.25) is 0 Å². The van der Waals surface area contributed by atoms with E-state index in [2.05, 4.69) is 25.2 Å². The third kappa shape index (κ3) is 4.11. The summed E-state index contributed by atoms with van der Waals surface area (Å²) in [5, 5.41) is 3.42. The Morgan fingerprint density at radius 2 is 1.95 bits per heavy atom. The molecule has 0 unspecified atom stereocenters. The maximum atomic E-state index is 5.57. The minimum Gasteiger partial charge on any atom is -0.486 e. The Balaban J connectivity index is 1.80. The number of ether oxygens (including phenoxy) is 3. The summed E-state index contributed by atoms with van der Waals surface area (Å²) >= 11 is 0. The van der Waals surface area contributed by atoms with Gasteiger partial charge in [0.25, 0.3) is 0 Å². The van der Waals surface area contributed by atoms with Crippen LogP contribution in [0.25, 0.3) is 0 Å². The molecule has 0 saturated heterocycles. The Labute approximate surface area is 115 Å². The largest absolute Gasteiger partial charge is 0.486 e. The molecule has 4 heteroatoms. The number of benzene rings is 1. The second-order valence-corrected chi connectivity index (χ2v) is 5.37. The lowest BCUT2D eigenvalue weighted by molar-refractivity contribution is 0.0158. The van der Waals surface area contributed by atoms with Gasteiger partial charge in [-0.2, -0.15) is 0 Å². The number of fused-ring (bicyclic) bond motifs is 1. The molecule has 4 nitrogen and oxygen atoms in total. The Bertz CT molecular complexity index is 418. The van der Waals surface area contributed by atoms with Crippen LogP contribution in [0.4, 0.5) is 0 Å². The molecule has 1 heterocycles. The normalized spacial score (nSPS) is 14.5. The van der Waals surface area contributed by atoms with E-state index in [4.69, 9.17) is 14.2 Å². The monoisotopic (exact) mass is 265 g/mol. The predicted octanol–water partition coefficient (Wildman–Crippen LogP) is 2.36. The van der Waals surface area contributed by atoms with E-state index in [1.54, 1.807) is 7.11 Å². The molecule has 0 bridgehead atoms. The average Bonchev–Trinajstić information content (AvgIpc) is 2.43. The Hall–Kier alpha value is -1.26. The first kappa shape index (κ1) is 14.2. The van der Waals surface area contributed by atoms with Crippen molar-refractivity contribution in [2.75, 3.05) is 26.9 Å². The van der Waals surface area contributed by atoms with Crippen LogP contribution in [-0.2, 0) is 11.3 Å². The molecule has 1 aliphatic rings. The molecule has 0 spiro atoms. The van der Waals surface area contributed by atoms with Crippen LogP contribution in [0.1, 0.15) is 25.8 Å². The summed E-state index contributed by atoms with van der Waals surface area (Å²) in [5.41, 5.74) is 1.14. The van der Waals surface area contributed by atoms with E-state index in [1.807, 2.05) is 12.1 Å². The van der Waals surface area contributed by atoms with Crippen LogP contribution in [0.3, 0.4) is 0 Å².